The largest absolute Gasteiger partial charge is 0.308 e. The van der Waals surface area contributed by atoms with Crippen LogP contribution in [0.15, 0.2) is 18.5 Å². The third kappa shape index (κ3) is 3.47. The molecule has 0 radical (unpaired) electrons. The number of aryl methyl sites for hydroxylation is 1. The van der Waals surface area contributed by atoms with E-state index in [1.54, 1.807) is 10.9 Å². The number of aromatic nitrogens is 4. The van der Waals surface area contributed by atoms with Crippen LogP contribution in [0.5, 0.6) is 0 Å². The number of rotatable bonds is 6. The normalized spacial score (nSPS) is 14.6. The minimum atomic E-state index is 0.276. The Balaban J connectivity index is 2.06. The van der Waals surface area contributed by atoms with E-state index in [0.717, 1.165) is 11.3 Å². The summed E-state index contributed by atoms with van der Waals surface area (Å²) in [5, 5.41) is 13.1. The van der Waals surface area contributed by atoms with E-state index in [0.29, 0.717) is 17.6 Å². The van der Waals surface area contributed by atoms with Gasteiger partial charge >= 0.3 is 0 Å². The highest BCUT2D eigenvalue weighted by Crippen LogP contribution is 2.25. The lowest BCUT2D eigenvalue weighted by atomic mass is 10.1. The minimum absolute atomic E-state index is 0.276. The highest BCUT2D eigenvalue weighted by Gasteiger charge is 2.19. The number of nitrogens with one attached hydrogen (secondary N) is 1. The van der Waals surface area contributed by atoms with Crippen molar-refractivity contribution in [3.63, 3.8) is 0 Å². The fraction of sp³-hybridized carbons (Fsp3) is 0.600. The summed E-state index contributed by atoms with van der Waals surface area (Å²) < 4.78 is 3.71. The number of hydrogen-bond acceptors (Lipinski definition) is 3. The third-order valence-electron chi connectivity index (χ3n) is 3.91. The van der Waals surface area contributed by atoms with Gasteiger partial charge in [-0.05, 0) is 25.8 Å². The lowest BCUT2D eigenvalue weighted by Gasteiger charge is -2.22. The summed E-state index contributed by atoms with van der Waals surface area (Å²) in [6.07, 6.45) is 3.79. The predicted molar refractivity (Wildman–Crippen MR) is 85.5 cm³/mol. The van der Waals surface area contributed by atoms with E-state index in [-0.39, 0.29) is 12.1 Å². The van der Waals surface area contributed by atoms with Crippen LogP contribution in [0.4, 0.5) is 0 Å². The van der Waals surface area contributed by atoms with Crippen LogP contribution >= 0.6 is 11.6 Å². The van der Waals surface area contributed by atoms with Gasteiger partial charge in [0, 0.05) is 37.6 Å². The number of halogens is 1. The smallest absolute Gasteiger partial charge is 0.131 e. The van der Waals surface area contributed by atoms with Crippen LogP contribution in [0, 0.1) is 0 Å². The molecule has 0 aromatic carbocycles. The maximum atomic E-state index is 6.36. The first-order valence-corrected chi connectivity index (χ1v) is 7.73. The van der Waals surface area contributed by atoms with Gasteiger partial charge in [-0.1, -0.05) is 25.4 Å². The van der Waals surface area contributed by atoms with Crippen LogP contribution in [-0.2, 0) is 13.6 Å². The second-order valence-electron chi connectivity index (χ2n) is 5.83. The molecular formula is C15H24ClN5. The first-order chi connectivity index (χ1) is 9.91. The minimum Gasteiger partial charge on any atom is -0.308 e. The molecule has 2 heterocycles. The first-order valence-electron chi connectivity index (χ1n) is 7.35. The van der Waals surface area contributed by atoms with Crippen molar-refractivity contribution in [2.45, 2.75) is 52.2 Å². The van der Waals surface area contributed by atoms with Gasteiger partial charge in [0.1, 0.15) is 5.15 Å². The molecule has 116 valence electrons. The molecule has 0 aliphatic carbocycles. The third-order valence-corrected chi connectivity index (χ3v) is 4.39. The van der Waals surface area contributed by atoms with Gasteiger partial charge in [0.2, 0.25) is 0 Å². The molecule has 2 rings (SSSR count). The Bertz CT molecular complexity index is 573. The van der Waals surface area contributed by atoms with Crippen LogP contribution < -0.4 is 5.32 Å². The van der Waals surface area contributed by atoms with E-state index in [9.17, 15) is 0 Å². The summed E-state index contributed by atoms with van der Waals surface area (Å²) in [7, 11) is 1.88. The van der Waals surface area contributed by atoms with E-state index >= 15 is 0 Å². The van der Waals surface area contributed by atoms with E-state index in [4.69, 9.17) is 11.6 Å². The molecule has 0 fully saturated rings. The molecular weight excluding hydrogens is 286 g/mol. The van der Waals surface area contributed by atoms with Crippen LogP contribution in [0.25, 0.3) is 0 Å². The van der Waals surface area contributed by atoms with Crippen molar-refractivity contribution in [3.05, 3.63) is 34.9 Å². The summed E-state index contributed by atoms with van der Waals surface area (Å²) in [6.45, 7) is 9.30. The highest BCUT2D eigenvalue weighted by molar-refractivity contribution is 6.30. The number of nitrogens with zero attached hydrogens (tertiary/aromatic N) is 4. The summed E-state index contributed by atoms with van der Waals surface area (Å²) in [6, 6.07) is 2.50. The molecule has 0 aliphatic heterocycles. The van der Waals surface area contributed by atoms with Gasteiger partial charge < -0.3 is 5.32 Å². The zero-order chi connectivity index (χ0) is 15.6. The molecule has 1 N–H and O–H groups in total. The topological polar surface area (TPSA) is 47.7 Å². The van der Waals surface area contributed by atoms with Gasteiger partial charge in [0.05, 0.1) is 11.7 Å². The summed E-state index contributed by atoms with van der Waals surface area (Å²) >= 11 is 6.36. The molecule has 0 spiro atoms. The Morgan fingerprint density at radius 1 is 1.29 bits per heavy atom. The van der Waals surface area contributed by atoms with Gasteiger partial charge in [0.25, 0.3) is 0 Å². The van der Waals surface area contributed by atoms with Crippen molar-refractivity contribution in [2.75, 3.05) is 0 Å². The van der Waals surface area contributed by atoms with Crippen LogP contribution in [-0.4, -0.2) is 25.6 Å². The van der Waals surface area contributed by atoms with Gasteiger partial charge in [0.15, 0.2) is 0 Å². The molecule has 2 atom stereocenters. The first kappa shape index (κ1) is 16.0. The second kappa shape index (κ2) is 6.62. The van der Waals surface area contributed by atoms with Crippen molar-refractivity contribution >= 4 is 11.6 Å². The van der Waals surface area contributed by atoms with Crippen molar-refractivity contribution < 1.29 is 0 Å². The van der Waals surface area contributed by atoms with Crippen molar-refractivity contribution in [2.24, 2.45) is 7.05 Å². The highest BCUT2D eigenvalue weighted by atomic mass is 35.5. The molecule has 5 nitrogen and oxygen atoms in total. The fourth-order valence-electron chi connectivity index (χ4n) is 2.38. The molecule has 2 aromatic heterocycles. The Hall–Kier alpha value is -1.33. The van der Waals surface area contributed by atoms with Gasteiger partial charge in [-0.2, -0.15) is 10.2 Å². The Labute approximate surface area is 131 Å². The average molecular weight is 310 g/mol. The molecule has 0 aliphatic rings. The molecule has 0 bridgehead atoms. The zero-order valence-electron chi connectivity index (χ0n) is 13.3. The van der Waals surface area contributed by atoms with Crippen molar-refractivity contribution in [3.8, 4) is 0 Å². The molecule has 0 saturated carbocycles. The molecule has 2 unspecified atom stereocenters. The zero-order valence-corrected chi connectivity index (χ0v) is 14.1. The van der Waals surface area contributed by atoms with Gasteiger partial charge in [-0.25, -0.2) is 0 Å². The van der Waals surface area contributed by atoms with Crippen molar-refractivity contribution in [1.82, 2.24) is 24.9 Å². The second-order valence-corrected chi connectivity index (χ2v) is 6.19. The van der Waals surface area contributed by atoms with E-state index in [1.165, 1.54) is 0 Å². The maximum Gasteiger partial charge on any atom is 0.131 e. The molecule has 6 heteroatoms. The van der Waals surface area contributed by atoms with Gasteiger partial charge in [-0.3, -0.25) is 9.36 Å². The monoisotopic (exact) mass is 309 g/mol. The SMILES string of the molecule is CC(C)c1nn(C)c(Cl)c1CNC(C)C(C)n1cccn1. The molecule has 2 aromatic rings. The standard InChI is InChI=1S/C15H24ClN5/c1-10(2)14-13(15(16)20(5)19-14)9-17-11(3)12(4)21-8-6-7-18-21/h6-8,10-12,17H,9H2,1-5H3. The summed E-state index contributed by atoms with van der Waals surface area (Å²) in [4.78, 5) is 0. The van der Waals surface area contributed by atoms with Crippen molar-refractivity contribution in [1.29, 1.82) is 0 Å². The predicted octanol–water partition coefficient (Wildman–Crippen LogP) is 3.13. The Kier molecular flexibility index (Phi) is 5.06. The molecule has 21 heavy (non-hydrogen) atoms. The lowest BCUT2D eigenvalue weighted by molar-refractivity contribution is 0.364. The van der Waals surface area contributed by atoms with Crippen LogP contribution in [0.1, 0.15) is 50.9 Å². The molecule has 0 amide bonds. The molecule has 0 saturated heterocycles. The quantitative estimate of drug-likeness (QED) is 0.892. The maximum absolute atomic E-state index is 6.36. The Morgan fingerprint density at radius 3 is 2.57 bits per heavy atom. The average Bonchev–Trinajstić information content (AvgIpc) is 3.06. The van der Waals surface area contributed by atoms with E-state index in [2.05, 4.69) is 43.2 Å². The lowest BCUT2D eigenvalue weighted by Crippen LogP contribution is -2.33. The van der Waals surface area contributed by atoms with Crippen LogP contribution in [0.3, 0.4) is 0 Å². The summed E-state index contributed by atoms with van der Waals surface area (Å²) in [5.41, 5.74) is 2.16. The Morgan fingerprint density at radius 2 is 2.00 bits per heavy atom. The van der Waals surface area contributed by atoms with Gasteiger partial charge in [-0.15, -0.1) is 0 Å². The fourth-order valence-corrected chi connectivity index (χ4v) is 2.58. The summed E-state index contributed by atoms with van der Waals surface area (Å²) in [5.74, 6) is 0.361. The van der Waals surface area contributed by atoms with E-state index in [1.807, 2.05) is 24.0 Å². The van der Waals surface area contributed by atoms with Crippen LogP contribution in [0.2, 0.25) is 5.15 Å². The van der Waals surface area contributed by atoms with E-state index < -0.39 is 0 Å². The number of hydrogen-bond donors (Lipinski definition) is 1.